The van der Waals surface area contributed by atoms with Crippen molar-refractivity contribution in [1.82, 2.24) is 4.90 Å². The normalized spacial score (nSPS) is 9.76. The molecule has 0 atom stereocenters. The first-order valence-electron chi connectivity index (χ1n) is 5.39. The van der Waals surface area contributed by atoms with E-state index in [1.807, 2.05) is 13.8 Å². The number of anilines is 1. The van der Waals surface area contributed by atoms with Gasteiger partial charge in [0.2, 0.25) is 0 Å². The summed E-state index contributed by atoms with van der Waals surface area (Å²) in [5.74, 6) is 0. The van der Waals surface area contributed by atoms with Crippen molar-refractivity contribution in [2.45, 2.75) is 13.8 Å². The number of carbonyl (C=O) groups excluding carboxylic acids is 1. The highest BCUT2D eigenvalue weighted by atomic mass is 16.6. The largest absolute Gasteiger partial charge is 0.325 e. The minimum atomic E-state index is -0.516. The molecule has 17 heavy (non-hydrogen) atoms. The zero-order valence-electron chi connectivity index (χ0n) is 9.84. The van der Waals surface area contributed by atoms with E-state index in [2.05, 4.69) is 5.32 Å². The molecule has 0 aliphatic rings. The van der Waals surface area contributed by atoms with Gasteiger partial charge in [0, 0.05) is 19.2 Å². The SMILES string of the molecule is CCN(CC)C(=O)Nc1ccccc1[N+](=O)[O-]. The number of amides is 2. The predicted molar refractivity (Wildman–Crippen MR) is 65.0 cm³/mol. The first kappa shape index (κ1) is 13.0. The third-order valence-corrected chi connectivity index (χ3v) is 2.39. The summed E-state index contributed by atoms with van der Waals surface area (Å²) in [4.78, 5) is 23.5. The molecular formula is C11H15N3O3. The van der Waals surface area contributed by atoms with Crippen molar-refractivity contribution in [3.05, 3.63) is 34.4 Å². The number of nitrogens with zero attached hydrogens (tertiary/aromatic N) is 2. The summed E-state index contributed by atoms with van der Waals surface area (Å²) in [6, 6.07) is 5.75. The van der Waals surface area contributed by atoms with Crippen LogP contribution in [0.5, 0.6) is 0 Å². The Bertz CT molecular complexity index is 416. The number of hydrogen-bond donors (Lipinski definition) is 1. The molecular weight excluding hydrogens is 222 g/mol. The third kappa shape index (κ3) is 3.17. The van der Waals surface area contributed by atoms with Crippen LogP contribution >= 0.6 is 0 Å². The maximum atomic E-state index is 11.7. The van der Waals surface area contributed by atoms with Crippen molar-refractivity contribution in [3.63, 3.8) is 0 Å². The van der Waals surface area contributed by atoms with E-state index in [0.717, 1.165) is 0 Å². The van der Waals surface area contributed by atoms with Crippen LogP contribution in [0.25, 0.3) is 0 Å². The molecule has 0 unspecified atom stereocenters. The monoisotopic (exact) mass is 237 g/mol. The molecule has 1 aromatic carbocycles. The van der Waals surface area contributed by atoms with Crippen molar-refractivity contribution in [1.29, 1.82) is 0 Å². The minimum absolute atomic E-state index is 0.104. The quantitative estimate of drug-likeness (QED) is 0.645. The molecule has 0 bridgehead atoms. The van der Waals surface area contributed by atoms with Gasteiger partial charge in [-0.2, -0.15) is 0 Å². The van der Waals surface area contributed by atoms with Crippen LogP contribution in [0.1, 0.15) is 13.8 Å². The van der Waals surface area contributed by atoms with Crippen molar-refractivity contribution in [2.24, 2.45) is 0 Å². The maximum Gasteiger partial charge on any atom is 0.322 e. The molecule has 6 heteroatoms. The minimum Gasteiger partial charge on any atom is -0.325 e. The van der Waals surface area contributed by atoms with Gasteiger partial charge in [-0.15, -0.1) is 0 Å². The maximum absolute atomic E-state index is 11.7. The van der Waals surface area contributed by atoms with E-state index in [-0.39, 0.29) is 17.4 Å². The highest BCUT2D eigenvalue weighted by Gasteiger charge is 2.16. The fourth-order valence-corrected chi connectivity index (χ4v) is 1.44. The molecule has 0 saturated carbocycles. The summed E-state index contributed by atoms with van der Waals surface area (Å²) < 4.78 is 0. The van der Waals surface area contributed by atoms with E-state index < -0.39 is 4.92 Å². The molecule has 1 N–H and O–H groups in total. The summed E-state index contributed by atoms with van der Waals surface area (Å²) in [5, 5.41) is 13.3. The van der Waals surface area contributed by atoms with Crippen LogP contribution in [0.3, 0.4) is 0 Å². The third-order valence-electron chi connectivity index (χ3n) is 2.39. The Balaban J connectivity index is 2.88. The van der Waals surface area contributed by atoms with Crippen LogP contribution in [0, 0.1) is 10.1 Å². The van der Waals surface area contributed by atoms with Gasteiger partial charge in [-0.1, -0.05) is 12.1 Å². The summed E-state index contributed by atoms with van der Waals surface area (Å²) in [6.45, 7) is 4.82. The molecule has 0 spiro atoms. The Morgan fingerprint density at radius 1 is 1.35 bits per heavy atom. The lowest BCUT2D eigenvalue weighted by Gasteiger charge is -2.19. The summed E-state index contributed by atoms with van der Waals surface area (Å²) in [5.41, 5.74) is 0.113. The number of para-hydroxylation sites is 2. The Morgan fingerprint density at radius 2 is 1.94 bits per heavy atom. The lowest BCUT2D eigenvalue weighted by atomic mass is 10.3. The average molecular weight is 237 g/mol. The first-order valence-corrected chi connectivity index (χ1v) is 5.39. The molecule has 1 rings (SSSR count). The molecule has 0 aromatic heterocycles. The van der Waals surface area contributed by atoms with Crippen LogP contribution in [0.15, 0.2) is 24.3 Å². The van der Waals surface area contributed by atoms with Crippen LogP contribution in [-0.4, -0.2) is 28.9 Å². The zero-order chi connectivity index (χ0) is 12.8. The number of rotatable bonds is 4. The number of nitrogens with one attached hydrogen (secondary N) is 1. The molecule has 1 aromatic rings. The fourth-order valence-electron chi connectivity index (χ4n) is 1.44. The second kappa shape index (κ2) is 5.83. The Hall–Kier alpha value is -2.11. The van der Waals surface area contributed by atoms with E-state index in [0.29, 0.717) is 13.1 Å². The Morgan fingerprint density at radius 3 is 2.47 bits per heavy atom. The lowest BCUT2D eigenvalue weighted by molar-refractivity contribution is -0.383. The van der Waals surface area contributed by atoms with Gasteiger partial charge in [0.05, 0.1) is 4.92 Å². The number of hydrogen-bond acceptors (Lipinski definition) is 3. The summed E-state index contributed by atoms with van der Waals surface area (Å²) in [7, 11) is 0. The van der Waals surface area contributed by atoms with Gasteiger partial charge in [0.25, 0.3) is 5.69 Å². The van der Waals surface area contributed by atoms with Crippen LogP contribution in [-0.2, 0) is 0 Å². The molecule has 0 saturated heterocycles. The molecule has 6 nitrogen and oxygen atoms in total. The van der Waals surface area contributed by atoms with Crippen molar-refractivity contribution >= 4 is 17.4 Å². The number of carbonyl (C=O) groups is 1. The van der Waals surface area contributed by atoms with Crippen LogP contribution in [0.2, 0.25) is 0 Å². The smallest absolute Gasteiger partial charge is 0.322 e. The summed E-state index contributed by atoms with van der Waals surface area (Å²) in [6.07, 6.45) is 0. The molecule has 92 valence electrons. The lowest BCUT2D eigenvalue weighted by Crippen LogP contribution is -2.34. The second-order valence-corrected chi connectivity index (χ2v) is 3.38. The molecule has 0 heterocycles. The number of urea groups is 1. The Kier molecular flexibility index (Phi) is 4.45. The molecule has 0 aliphatic heterocycles. The van der Waals surface area contributed by atoms with Gasteiger partial charge in [0.15, 0.2) is 0 Å². The van der Waals surface area contributed by atoms with E-state index in [4.69, 9.17) is 0 Å². The highest BCUT2D eigenvalue weighted by molar-refractivity contribution is 5.91. The highest BCUT2D eigenvalue weighted by Crippen LogP contribution is 2.23. The molecule has 0 fully saturated rings. The predicted octanol–water partition coefficient (Wildman–Crippen LogP) is 2.47. The standard InChI is InChI=1S/C11H15N3O3/c1-3-13(4-2)11(15)12-9-7-5-6-8-10(9)14(16)17/h5-8H,3-4H2,1-2H3,(H,12,15). The molecule has 2 amide bonds. The van der Waals surface area contributed by atoms with Gasteiger partial charge in [-0.3, -0.25) is 10.1 Å². The van der Waals surface area contributed by atoms with E-state index in [1.54, 1.807) is 17.0 Å². The average Bonchev–Trinajstić information content (AvgIpc) is 2.31. The number of nitro benzene ring substituents is 1. The van der Waals surface area contributed by atoms with Gasteiger partial charge in [0.1, 0.15) is 5.69 Å². The van der Waals surface area contributed by atoms with E-state index in [1.165, 1.54) is 12.1 Å². The first-order chi connectivity index (χ1) is 8.10. The van der Waals surface area contributed by atoms with Gasteiger partial charge < -0.3 is 10.2 Å². The van der Waals surface area contributed by atoms with Gasteiger partial charge in [-0.25, -0.2) is 4.79 Å². The van der Waals surface area contributed by atoms with E-state index in [9.17, 15) is 14.9 Å². The number of benzene rings is 1. The van der Waals surface area contributed by atoms with Crippen molar-refractivity contribution in [3.8, 4) is 0 Å². The van der Waals surface area contributed by atoms with Gasteiger partial charge >= 0.3 is 6.03 Å². The second-order valence-electron chi connectivity index (χ2n) is 3.38. The number of nitro groups is 1. The van der Waals surface area contributed by atoms with Crippen molar-refractivity contribution < 1.29 is 9.72 Å². The fraction of sp³-hybridized carbons (Fsp3) is 0.364. The van der Waals surface area contributed by atoms with Crippen molar-refractivity contribution in [2.75, 3.05) is 18.4 Å². The summed E-state index contributed by atoms with van der Waals surface area (Å²) >= 11 is 0. The molecule has 0 radical (unpaired) electrons. The van der Waals surface area contributed by atoms with Gasteiger partial charge in [-0.05, 0) is 19.9 Å². The van der Waals surface area contributed by atoms with Crippen LogP contribution < -0.4 is 5.32 Å². The molecule has 0 aliphatic carbocycles. The topological polar surface area (TPSA) is 75.5 Å². The van der Waals surface area contributed by atoms with Crippen LogP contribution in [0.4, 0.5) is 16.2 Å². The van der Waals surface area contributed by atoms with E-state index >= 15 is 0 Å². The zero-order valence-corrected chi connectivity index (χ0v) is 9.84. The Labute approximate surface area is 99.4 Å².